The number of pyridine rings is 1. The molecule has 0 saturated heterocycles. The molecule has 0 aromatic carbocycles. The third-order valence-corrected chi connectivity index (χ3v) is 1.67. The molecular weight excluding hydrogens is 138 g/mol. The minimum absolute atomic E-state index is 0.538. The van der Waals surface area contributed by atoms with E-state index in [1.54, 1.807) is 6.20 Å². The molecule has 11 heavy (non-hydrogen) atoms. The molecule has 0 aliphatic rings. The van der Waals surface area contributed by atoms with E-state index in [1.165, 1.54) is 0 Å². The van der Waals surface area contributed by atoms with Crippen molar-refractivity contribution in [3.8, 4) is 0 Å². The molecule has 0 aliphatic carbocycles. The molecule has 2 rings (SSSR count). The molecule has 0 fully saturated rings. The monoisotopic (exact) mass is 147 g/mol. The Morgan fingerprint density at radius 3 is 3.18 bits per heavy atom. The predicted octanol–water partition coefficient (Wildman–Crippen LogP) is 1.02. The van der Waals surface area contributed by atoms with Crippen LogP contribution in [0.2, 0.25) is 0 Å². The third kappa shape index (κ3) is 0.991. The maximum atomic E-state index is 5.45. The normalized spacial score (nSPS) is 10.6. The number of H-pyrrole nitrogens is 1. The van der Waals surface area contributed by atoms with Crippen molar-refractivity contribution < 1.29 is 0 Å². The van der Waals surface area contributed by atoms with Gasteiger partial charge in [-0.1, -0.05) is 0 Å². The summed E-state index contributed by atoms with van der Waals surface area (Å²) in [6.07, 6.45) is 1.76. The van der Waals surface area contributed by atoms with Crippen LogP contribution in [0.25, 0.3) is 11.0 Å². The summed E-state index contributed by atoms with van der Waals surface area (Å²) in [6.45, 7) is 0.538. The zero-order chi connectivity index (χ0) is 7.68. The van der Waals surface area contributed by atoms with Crippen LogP contribution in [0.5, 0.6) is 0 Å². The Bertz CT molecular complexity index is 331. The maximum Gasteiger partial charge on any atom is 0.137 e. The number of nitrogens with two attached hydrogens (primary N) is 1. The second kappa shape index (κ2) is 2.36. The van der Waals surface area contributed by atoms with E-state index < -0.39 is 0 Å². The number of aromatic nitrogens is 2. The van der Waals surface area contributed by atoms with Gasteiger partial charge in [-0.25, -0.2) is 4.98 Å². The van der Waals surface area contributed by atoms with Crippen LogP contribution in [0.4, 0.5) is 0 Å². The van der Waals surface area contributed by atoms with Crippen LogP contribution >= 0.6 is 0 Å². The molecule has 0 aliphatic heterocycles. The number of nitrogens with zero attached hydrogens (tertiary/aromatic N) is 1. The van der Waals surface area contributed by atoms with Gasteiger partial charge in [-0.15, -0.1) is 0 Å². The van der Waals surface area contributed by atoms with Gasteiger partial charge in [-0.2, -0.15) is 0 Å². The first-order valence-corrected chi connectivity index (χ1v) is 3.53. The lowest BCUT2D eigenvalue weighted by atomic mass is 10.3. The molecule has 0 bridgehead atoms. The maximum absolute atomic E-state index is 5.45. The number of aromatic amines is 1. The molecule has 0 amide bonds. The molecule has 2 aromatic heterocycles. The first-order valence-electron chi connectivity index (χ1n) is 3.53. The minimum atomic E-state index is 0.538. The van der Waals surface area contributed by atoms with Crippen LogP contribution < -0.4 is 5.73 Å². The van der Waals surface area contributed by atoms with Crippen LogP contribution in [0.1, 0.15) is 5.69 Å². The molecule has 3 heteroatoms. The highest BCUT2D eigenvalue weighted by atomic mass is 14.9. The van der Waals surface area contributed by atoms with Gasteiger partial charge in [0.05, 0.1) is 0 Å². The lowest BCUT2D eigenvalue weighted by molar-refractivity contribution is 1.02. The second-order valence-electron chi connectivity index (χ2n) is 2.44. The Labute approximate surface area is 64.2 Å². The van der Waals surface area contributed by atoms with Crippen LogP contribution in [0, 0.1) is 0 Å². The van der Waals surface area contributed by atoms with Crippen molar-refractivity contribution in [1.29, 1.82) is 0 Å². The molecule has 3 nitrogen and oxygen atoms in total. The summed E-state index contributed by atoms with van der Waals surface area (Å²) in [5.74, 6) is 0. The van der Waals surface area contributed by atoms with Gasteiger partial charge in [0, 0.05) is 23.8 Å². The first kappa shape index (κ1) is 6.37. The summed E-state index contributed by atoms with van der Waals surface area (Å²) >= 11 is 0. The van der Waals surface area contributed by atoms with E-state index in [2.05, 4.69) is 9.97 Å². The molecule has 2 heterocycles. The highest BCUT2D eigenvalue weighted by molar-refractivity contribution is 5.76. The highest BCUT2D eigenvalue weighted by Gasteiger charge is 1.96. The number of fused-ring (bicyclic) bond motifs is 1. The molecule has 3 N–H and O–H groups in total. The lowest BCUT2D eigenvalue weighted by Crippen LogP contribution is -1.95. The number of rotatable bonds is 1. The van der Waals surface area contributed by atoms with Crippen LogP contribution in [0.15, 0.2) is 24.4 Å². The lowest BCUT2D eigenvalue weighted by Gasteiger charge is -1.84. The van der Waals surface area contributed by atoms with E-state index in [-0.39, 0.29) is 0 Å². The van der Waals surface area contributed by atoms with E-state index in [9.17, 15) is 0 Å². The molecule has 0 atom stereocenters. The molecule has 0 radical (unpaired) electrons. The summed E-state index contributed by atoms with van der Waals surface area (Å²) in [6, 6.07) is 5.94. The summed E-state index contributed by atoms with van der Waals surface area (Å²) in [5.41, 5.74) is 7.39. The van der Waals surface area contributed by atoms with Gasteiger partial charge < -0.3 is 10.7 Å². The van der Waals surface area contributed by atoms with Crippen LogP contribution in [-0.4, -0.2) is 9.97 Å². The highest BCUT2D eigenvalue weighted by Crippen LogP contribution is 2.10. The zero-order valence-electron chi connectivity index (χ0n) is 6.04. The van der Waals surface area contributed by atoms with Crippen molar-refractivity contribution in [2.45, 2.75) is 6.54 Å². The second-order valence-corrected chi connectivity index (χ2v) is 2.44. The number of nitrogens with one attached hydrogen (secondary N) is 1. The Kier molecular flexibility index (Phi) is 1.36. The molecular formula is C8H9N3. The molecule has 0 spiro atoms. The van der Waals surface area contributed by atoms with Gasteiger partial charge in [0.1, 0.15) is 5.65 Å². The van der Waals surface area contributed by atoms with E-state index in [1.807, 2.05) is 18.2 Å². The van der Waals surface area contributed by atoms with Gasteiger partial charge in [0.15, 0.2) is 0 Å². The summed E-state index contributed by atoms with van der Waals surface area (Å²) < 4.78 is 0. The molecule has 2 aromatic rings. The number of hydrogen-bond acceptors (Lipinski definition) is 2. The average molecular weight is 147 g/mol. The fourth-order valence-corrected chi connectivity index (χ4v) is 1.12. The van der Waals surface area contributed by atoms with Crippen molar-refractivity contribution in [3.63, 3.8) is 0 Å². The average Bonchev–Trinajstić information content (AvgIpc) is 2.46. The quantitative estimate of drug-likeness (QED) is 0.632. The van der Waals surface area contributed by atoms with E-state index >= 15 is 0 Å². The van der Waals surface area contributed by atoms with E-state index in [0.29, 0.717) is 6.54 Å². The Morgan fingerprint density at radius 2 is 2.45 bits per heavy atom. The van der Waals surface area contributed by atoms with Gasteiger partial charge >= 0.3 is 0 Å². The Hall–Kier alpha value is -1.35. The summed E-state index contributed by atoms with van der Waals surface area (Å²) in [7, 11) is 0. The largest absolute Gasteiger partial charge is 0.342 e. The zero-order valence-corrected chi connectivity index (χ0v) is 6.04. The topological polar surface area (TPSA) is 54.7 Å². The Balaban J connectivity index is 2.69. The fraction of sp³-hybridized carbons (Fsp3) is 0.125. The summed E-state index contributed by atoms with van der Waals surface area (Å²) in [4.78, 5) is 7.25. The van der Waals surface area contributed by atoms with Crippen molar-refractivity contribution in [1.82, 2.24) is 9.97 Å². The van der Waals surface area contributed by atoms with Crippen LogP contribution in [-0.2, 0) is 6.54 Å². The minimum Gasteiger partial charge on any atom is -0.342 e. The van der Waals surface area contributed by atoms with Crippen molar-refractivity contribution in [2.75, 3.05) is 0 Å². The van der Waals surface area contributed by atoms with Gasteiger partial charge in [-0.3, -0.25) is 0 Å². The van der Waals surface area contributed by atoms with Gasteiger partial charge in [0.2, 0.25) is 0 Å². The summed E-state index contributed by atoms with van der Waals surface area (Å²) in [5, 5.41) is 1.12. The standard InChI is InChI=1S/C8H9N3/c9-5-7-4-6-2-1-3-10-8(6)11-7/h1-4H,5,9H2,(H,10,11). The first-order chi connectivity index (χ1) is 5.40. The number of hydrogen-bond donors (Lipinski definition) is 2. The SMILES string of the molecule is NCc1cc2cccnc2[nH]1. The van der Waals surface area contributed by atoms with Crippen molar-refractivity contribution >= 4 is 11.0 Å². The fourth-order valence-electron chi connectivity index (χ4n) is 1.12. The molecule has 0 unspecified atom stereocenters. The molecule has 56 valence electrons. The van der Waals surface area contributed by atoms with Crippen molar-refractivity contribution in [3.05, 3.63) is 30.1 Å². The van der Waals surface area contributed by atoms with Gasteiger partial charge in [0.25, 0.3) is 0 Å². The smallest absolute Gasteiger partial charge is 0.137 e. The van der Waals surface area contributed by atoms with Crippen LogP contribution in [0.3, 0.4) is 0 Å². The molecule has 0 saturated carbocycles. The Morgan fingerprint density at radius 1 is 1.55 bits per heavy atom. The van der Waals surface area contributed by atoms with E-state index in [4.69, 9.17) is 5.73 Å². The predicted molar refractivity (Wildman–Crippen MR) is 44.0 cm³/mol. The van der Waals surface area contributed by atoms with Crippen molar-refractivity contribution in [2.24, 2.45) is 5.73 Å². The van der Waals surface area contributed by atoms with Gasteiger partial charge in [-0.05, 0) is 18.2 Å². The third-order valence-electron chi connectivity index (χ3n) is 1.67. The van der Waals surface area contributed by atoms with E-state index in [0.717, 1.165) is 16.7 Å².